The fraction of sp³-hybridized carbons (Fsp3) is 0.0952. The molecule has 3 aromatic heterocycles. The Balaban J connectivity index is 1.67. The van der Waals surface area contributed by atoms with Crippen LogP contribution < -0.4 is 0 Å². The Morgan fingerprint density at radius 1 is 0.923 bits per heavy atom. The van der Waals surface area contributed by atoms with Gasteiger partial charge in [-0.25, -0.2) is 4.98 Å². The van der Waals surface area contributed by atoms with Crippen LogP contribution in [-0.4, -0.2) is 25.1 Å². The number of aromatic amines is 2. The number of hydrogen-bond donors (Lipinski definition) is 2. The highest BCUT2D eigenvalue weighted by molar-refractivity contribution is 5.73. The van der Waals surface area contributed by atoms with Crippen molar-refractivity contribution in [3.05, 3.63) is 95.7 Å². The zero-order valence-electron chi connectivity index (χ0n) is 14.1. The van der Waals surface area contributed by atoms with E-state index in [1.165, 1.54) is 5.56 Å². The smallest absolute Gasteiger partial charge is 0.158 e. The fourth-order valence-electron chi connectivity index (χ4n) is 3.72. The van der Waals surface area contributed by atoms with Crippen molar-refractivity contribution in [2.45, 2.75) is 11.8 Å². The summed E-state index contributed by atoms with van der Waals surface area (Å²) in [6.45, 7) is 0. The maximum absolute atomic E-state index is 4.68. The van der Waals surface area contributed by atoms with Gasteiger partial charge in [0.2, 0.25) is 0 Å². The maximum atomic E-state index is 4.68. The summed E-state index contributed by atoms with van der Waals surface area (Å²) in [7, 11) is 0. The number of hydrogen-bond acceptors (Lipinski definition) is 3. The van der Waals surface area contributed by atoms with Crippen LogP contribution in [0.15, 0.2) is 73.2 Å². The van der Waals surface area contributed by atoms with E-state index in [9.17, 15) is 0 Å². The van der Waals surface area contributed by atoms with E-state index in [4.69, 9.17) is 0 Å². The molecule has 2 N–H and O–H groups in total. The van der Waals surface area contributed by atoms with Gasteiger partial charge in [-0.3, -0.25) is 10.1 Å². The van der Waals surface area contributed by atoms with Gasteiger partial charge in [-0.1, -0.05) is 48.6 Å². The molecule has 1 unspecified atom stereocenters. The highest BCUT2D eigenvalue weighted by Crippen LogP contribution is 2.41. The van der Waals surface area contributed by atoms with E-state index in [-0.39, 0.29) is 5.41 Å². The molecule has 0 amide bonds. The molecule has 0 saturated heterocycles. The number of aromatic nitrogens is 5. The average Bonchev–Trinajstić information content (AvgIpc) is 3.38. The third-order valence-corrected chi connectivity index (χ3v) is 5.01. The van der Waals surface area contributed by atoms with Crippen molar-refractivity contribution in [3.63, 3.8) is 0 Å². The molecule has 0 bridgehead atoms. The number of allylic oxidation sites excluding steroid dienone is 1. The van der Waals surface area contributed by atoms with Crippen molar-refractivity contribution in [1.82, 2.24) is 25.1 Å². The van der Waals surface area contributed by atoms with Crippen LogP contribution in [-0.2, 0) is 11.8 Å². The second kappa shape index (κ2) is 5.81. The summed E-state index contributed by atoms with van der Waals surface area (Å²) in [5, 5.41) is 7.72. The van der Waals surface area contributed by atoms with Crippen LogP contribution >= 0.6 is 0 Å². The fourth-order valence-corrected chi connectivity index (χ4v) is 3.72. The van der Waals surface area contributed by atoms with Crippen molar-refractivity contribution in [2.75, 3.05) is 0 Å². The van der Waals surface area contributed by atoms with Gasteiger partial charge in [0.1, 0.15) is 5.69 Å². The van der Waals surface area contributed by atoms with Gasteiger partial charge >= 0.3 is 0 Å². The van der Waals surface area contributed by atoms with Crippen molar-refractivity contribution in [3.8, 4) is 11.5 Å². The Kier molecular flexibility index (Phi) is 3.31. The van der Waals surface area contributed by atoms with Gasteiger partial charge in [0.15, 0.2) is 5.82 Å². The quantitative estimate of drug-likeness (QED) is 0.597. The van der Waals surface area contributed by atoms with Crippen LogP contribution in [0.3, 0.4) is 0 Å². The number of pyridine rings is 1. The van der Waals surface area contributed by atoms with Crippen molar-refractivity contribution >= 4 is 6.08 Å². The molecule has 0 radical (unpaired) electrons. The van der Waals surface area contributed by atoms with Crippen molar-refractivity contribution in [1.29, 1.82) is 0 Å². The molecular formula is C21H17N5. The van der Waals surface area contributed by atoms with Crippen LogP contribution in [0.5, 0.6) is 0 Å². The molecular weight excluding hydrogens is 322 g/mol. The van der Waals surface area contributed by atoms with E-state index in [0.717, 1.165) is 34.9 Å². The Bertz CT molecular complexity index is 1010. The lowest BCUT2D eigenvalue weighted by molar-refractivity contribution is 0.601. The number of nitrogens with one attached hydrogen (secondary N) is 2. The minimum atomic E-state index is -0.317. The van der Waals surface area contributed by atoms with E-state index in [1.54, 1.807) is 6.20 Å². The van der Waals surface area contributed by atoms with Crippen LogP contribution in [0, 0.1) is 0 Å². The zero-order valence-corrected chi connectivity index (χ0v) is 14.1. The van der Waals surface area contributed by atoms with Crippen LogP contribution in [0.1, 0.15) is 22.5 Å². The predicted molar refractivity (Wildman–Crippen MR) is 100 cm³/mol. The molecule has 1 aliphatic carbocycles. The van der Waals surface area contributed by atoms with Crippen LogP contribution in [0.2, 0.25) is 0 Å². The van der Waals surface area contributed by atoms with Crippen LogP contribution in [0.4, 0.5) is 0 Å². The summed E-state index contributed by atoms with van der Waals surface area (Å²) < 4.78 is 0. The number of H-pyrrole nitrogens is 2. The lowest BCUT2D eigenvalue weighted by Gasteiger charge is -2.33. The number of fused-ring (bicyclic) bond motifs is 1. The lowest BCUT2D eigenvalue weighted by Crippen LogP contribution is -2.31. The first kappa shape index (κ1) is 14.8. The zero-order chi connectivity index (χ0) is 17.4. The Morgan fingerprint density at radius 2 is 1.81 bits per heavy atom. The minimum absolute atomic E-state index is 0.317. The molecule has 4 aromatic rings. The number of rotatable bonds is 3. The van der Waals surface area contributed by atoms with E-state index < -0.39 is 0 Å². The molecule has 5 nitrogen and oxygen atoms in total. The van der Waals surface area contributed by atoms with Crippen molar-refractivity contribution in [2.24, 2.45) is 0 Å². The summed E-state index contributed by atoms with van der Waals surface area (Å²) in [6.07, 6.45) is 10.6. The molecule has 1 aliphatic rings. The standard InChI is InChI=1S/C21H17N5/c1-2-6-15(7-3-1)21(18-8-4-5-11-22-18)10-9-16-17(14-21)25-26-19(16)20-23-12-13-24-20/h1-13H,14H2,(H,23,24)(H,25,26). The number of nitrogens with zero attached hydrogens (tertiary/aromatic N) is 3. The monoisotopic (exact) mass is 339 g/mol. The largest absolute Gasteiger partial charge is 0.343 e. The van der Waals surface area contributed by atoms with Gasteiger partial charge in [0.25, 0.3) is 0 Å². The highest BCUT2D eigenvalue weighted by atomic mass is 15.1. The highest BCUT2D eigenvalue weighted by Gasteiger charge is 2.37. The molecule has 5 rings (SSSR count). The molecule has 1 aromatic carbocycles. The first-order valence-corrected chi connectivity index (χ1v) is 8.60. The van der Waals surface area contributed by atoms with Gasteiger partial charge in [-0.2, -0.15) is 5.10 Å². The molecule has 1 atom stereocenters. The van der Waals surface area contributed by atoms with Gasteiger partial charge in [0.05, 0.1) is 11.1 Å². The summed E-state index contributed by atoms with van der Waals surface area (Å²) in [6, 6.07) is 16.6. The first-order valence-electron chi connectivity index (χ1n) is 8.60. The Labute approximate surface area is 150 Å². The molecule has 3 heterocycles. The van der Waals surface area contributed by atoms with Gasteiger partial charge in [-0.15, -0.1) is 0 Å². The molecule has 0 saturated carbocycles. The lowest BCUT2D eigenvalue weighted by atomic mass is 9.70. The maximum Gasteiger partial charge on any atom is 0.158 e. The number of benzene rings is 1. The molecule has 0 fully saturated rings. The first-order chi connectivity index (χ1) is 12.9. The predicted octanol–water partition coefficient (Wildman–Crippen LogP) is 3.75. The second-order valence-corrected chi connectivity index (χ2v) is 6.46. The molecule has 0 spiro atoms. The van der Waals surface area contributed by atoms with E-state index >= 15 is 0 Å². The molecule has 0 aliphatic heterocycles. The van der Waals surface area contributed by atoms with E-state index in [0.29, 0.717) is 0 Å². The summed E-state index contributed by atoms with van der Waals surface area (Å²) in [4.78, 5) is 12.1. The van der Waals surface area contributed by atoms with Crippen LogP contribution in [0.25, 0.3) is 17.6 Å². The van der Waals surface area contributed by atoms with Gasteiger partial charge in [0, 0.05) is 36.3 Å². The summed E-state index contributed by atoms with van der Waals surface area (Å²) in [5.74, 6) is 0.775. The topological polar surface area (TPSA) is 70.2 Å². The Hall–Kier alpha value is -3.47. The normalized spacial score (nSPS) is 18.6. The van der Waals surface area contributed by atoms with Crippen molar-refractivity contribution < 1.29 is 0 Å². The number of imidazole rings is 1. The third-order valence-electron chi connectivity index (χ3n) is 5.01. The third kappa shape index (κ3) is 2.21. The molecule has 26 heavy (non-hydrogen) atoms. The minimum Gasteiger partial charge on any atom is -0.343 e. The second-order valence-electron chi connectivity index (χ2n) is 6.46. The summed E-state index contributed by atoms with van der Waals surface area (Å²) in [5.41, 5.74) is 4.96. The van der Waals surface area contributed by atoms with E-state index in [2.05, 4.69) is 67.6 Å². The summed E-state index contributed by atoms with van der Waals surface area (Å²) >= 11 is 0. The average molecular weight is 339 g/mol. The van der Waals surface area contributed by atoms with Gasteiger partial charge < -0.3 is 4.98 Å². The Morgan fingerprint density at radius 3 is 2.58 bits per heavy atom. The van der Waals surface area contributed by atoms with Gasteiger partial charge in [-0.05, 0) is 17.7 Å². The van der Waals surface area contributed by atoms with E-state index in [1.807, 2.05) is 30.6 Å². The molecule has 126 valence electrons. The molecule has 5 heteroatoms. The SMILES string of the molecule is C1=CC(c2ccccc2)(c2ccccn2)Cc2[nH]nc(-c3ncc[nH]3)c21.